The molecule has 37 heavy (non-hydrogen) atoms. The monoisotopic (exact) mass is 537 g/mol. The molecule has 13 nitrogen and oxygen atoms in total. The van der Waals surface area contributed by atoms with Crippen LogP contribution in [0.3, 0.4) is 0 Å². The van der Waals surface area contributed by atoms with Crippen LogP contribution in [0.5, 0.6) is 5.75 Å². The molecule has 4 atom stereocenters. The van der Waals surface area contributed by atoms with Gasteiger partial charge in [0.15, 0.2) is 5.96 Å². The quantitative estimate of drug-likeness (QED) is 0.0619. The van der Waals surface area contributed by atoms with Crippen LogP contribution < -0.4 is 27.8 Å². The van der Waals surface area contributed by atoms with Gasteiger partial charge in [0.1, 0.15) is 23.9 Å². The SMILES string of the molecule is NC(N)=NCCCC(NC(=O)C(N)Cc1ccc(O)cc1)C(=O)NC(CS)C(=O)N1CCCC1C(=O)O. The van der Waals surface area contributed by atoms with Crippen molar-refractivity contribution in [3.63, 3.8) is 0 Å². The lowest BCUT2D eigenvalue weighted by atomic mass is 10.0. The van der Waals surface area contributed by atoms with Crippen molar-refractivity contribution in [1.29, 1.82) is 0 Å². The number of aromatic hydroxyl groups is 1. The molecule has 1 aliphatic rings. The third-order valence-corrected chi connectivity index (χ3v) is 6.29. The first-order valence-corrected chi connectivity index (χ1v) is 12.5. The summed E-state index contributed by atoms with van der Waals surface area (Å²) in [5.41, 5.74) is 17.4. The fourth-order valence-corrected chi connectivity index (χ4v) is 4.22. The van der Waals surface area contributed by atoms with E-state index >= 15 is 0 Å². The molecule has 0 aliphatic carbocycles. The number of carboxylic acid groups (broad SMARTS) is 1. The summed E-state index contributed by atoms with van der Waals surface area (Å²) in [6.45, 7) is 0.477. The van der Waals surface area contributed by atoms with Crippen molar-refractivity contribution >= 4 is 42.3 Å². The Morgan fingerprint density at radius 2 is 1.76 bits per heavy atom. The van der Waals surface area contributed by atoms with Gasteiger partial charge in [0, 0.05) is 18.8 Å². The van der Waals surface area contributed by atoms with Crippen molar-refractivity contribution in [2.75, 3.05) is 18.8 Å². The number of hydrogen-bond donors (Lipinski definition) is 8. The van der Waals surface area contributed by atoms with Crippen LogP contribution in [-0.4, -0.2) is 87.8 Å². The fourth-order valence-electron chi connectivity index (χ4n) is 3.97. The highest BCUT2D eigenvalue weighted by molar-refractivity contribution is 7.80. The van der Waals surface area contributed by atoms with Gasteiger partial charge in [-0.3, -0.25) is 19.4 Å². The Labute approximate surface area is 220 Å². The number of guanidine groups is 1. The number of aliphatic carboxylic acids is 1. The van der Waals surface area contributed by atoms with Crippen molar-refractivity contribution in [2.24, 2.45) is 22.2 Å². The highest BCUT2D eigenvalue weighted by Crippen LogP contribution is 2.19. The van der Waals surface area contributed by atoms with Crippen LogP contribution in [-0.2, 0) is 25.6 Å². The lowest BCUT2D eigenvalue weighted by Crippen LogP contribution is -2.57. The van der Waals surface area contributed by atoms with E-state index in [1.807, 2.05) is 0 Å². The number of carbonyl (C=O) groups is 4. The number of amides is 3. The molecule has 204 valence electrons. The molecule has 10 N–H and O–H groups in total. The van der Waals surface area contributed by atoms with Crippen LogP contribution in [0.4, 0.5) is 0 Å². The smallest absolute Gasteiger partial charge is 0.326 e. The van der Waals surface area contributed by atoms with Gasteiger partial charge in [0.25, 0.3) is 0 Å². The van der Waals surface area contributed by atoms with E-state index in [2.05, 4.69) is 28.3 Å². The predicted molar refractivity (Wildman–Crippen MR) is 140 cm³/mol. The average Bonchev–Trinajstić information content (AvgIpc) is 3.35. The number of benzene rings is 1. The maximum Gasteiger partial charge on any atom is 0.326 e. The molecular weight excluding hydrogens is 502 g/mol. The molecule has 0 bridgehead atoms. The minimum atomic E-state index is -1.11. The molecule has 1 fully saturated rings. The fraction of sp³-hybridized carbons (Fsp3) is 0.522. The Morgan fingerprint density at radius 1 is 1.11 bits per heavy atom. The van der Waals surface area contributed by atoms with Crippen molar-refractivity contribution in [3.05, 3.63) is 29.8 Å². The summed E-state index contributed by atoms with van der Waals surface area (Å²) in [6, 6.07) is 2.13. The Kier molecular flexibility index (Phi) is 11.5. The lowest BCUT2D eigenvalue weighted by molar-refractivity contribution is -0.149. The molecule has 4 unspecified atom stereocenters. The van der Waals surface area contributed by atoms with E-state index in [1.165, 1.54) is 17.0 Å². The molecule has 0 radical (unpaired) electrons. The average molecular weight is 538 g/mol. The first-order chi connectivity index (χ1) is 17.5. The maximum atomic E-state index is 13.1. The van der Waals surface area contributed by atoms with E-state index in [1.54, 1.807) is 12.1 Å². The molecule has 0 spiro atoms. The highest BCUT2D eigenvalue weighted by atomic mass is 32.1. The van der Waals surface area contributed by atoms with Gasteiger partial charge in [0.05, 0.1) is 6.04 Å². The Morgan fingerprint density at radius 3 is 2.35 bits per heavy atom. The van der Waals surface area contributed by atoms with E-state index in [0.29, 0.717) is 24.8 Å². The predicted octanol–water partition coefficient (Wildman–Crippen LogP) is -1.71. The first-order valence-electron chi connectivity index (χ1n) is 11.9. The molecule has 2 rings (SSSR count). The van der Waals surface area contributed by atoms with Crippen molar-refractivity contribution < 1.29 is 29.4 Å². The van der Waals surface area contributed by atoms with Crippen LogP contribution in [0.2, 0.25) is 0 Å². The standard InChI is InChI=1S/C23H35N7O6S/c24-15(11-13-5-7-14(31)8-6-13)19(32)28-16(3-1-9-27-23(25)26)20(33)29-17(12-37)21(34)30-10-2-4-18(30)22(35)36/h5-8,15-18,31,37H,1-4,9-12,24H2,(H,28,32)(H,29,33)(H,35,36)(H4,25,26,27). The number of phenolic OH excluding ortho intramolecular Hbond substituents is 1. The van der Waals surface area contributed by atoms with Gasteiger partial charge in [-0.2, -0.15) is 12.6 Å². The molecule has 1 saturated heterocycles. The number of carboxylic acids is 1. The van der Waals surface area contributed by atoms with Crippen LogP contribution in [0.1, 0.15) is 31.2 Å². The summed E-state index contributed by atoms with van der Waals surface area (Å²) >= 11 is 4.17. The zero-order valence-electron chi connectivity index (χ0n) is 20.4. The number of likely N-dealkylation sites (tertiary alicyclic amines) is 1. The number of carbonyl (C=O) groups excluding carboxylic acids is 3. The van der Waals surface area contributed by atoms with Crippen molar-refractivity contribution in [1.82, 2.24) is 15.5 Å². The van der Waals surface area contributed by atoms with Gasteiger partial charge in [-0.05, 0) is 49.8 Å². The summed E-state index contributed by atoms with van der Waals surface area (Å²) in [6.07, 6.45) is 1.53. The second-order valence-electron chi connectivity index (χ2n) is 8.76. The Balaban J connectivity index is 2.09. The van der Waals surface area contributed by atoms with Crippen molar-refractivity contribution in [2.45, 2.75) is 56.3 Å². The zero-order valence-corrected chi connectivity index (χ0v) is 21.3. The van der Waals surface area contributed by atoms with Gasteiger partial charge in [-0.15, -0.1) is 0 Å². The molecule has 0 aromatic heterocycles. The molecule has 1 aromatic carbocycles. The highest BCUT2D eigenvalue weighted by Gasteiger charge is 2.38. The minimum Gasteiger partial charge on any atom is -0.508 e. The van der Waals surface area contributed by atoms with Crippen LogP contribution in [0.25, 0.3) is 0 Å². The van der Waals surface area contributed by atoms with Gasteiger partial charge >= 0.3 is 5.97 Å². The van der Waals surface area contributed by atoms with Gasteiger partial charge in [-0.25, -0.2) is 4.79 Å². The topological polar surface area (TPSA) is 226 Å². The number of phenols is 1. The maximum absolute atomic E-state index is 13.1. The van der Waals surface area contributed by atoms with E-state index in [-0.39, 0.29) is 43.4 Å². The van der Waals surface area contributed by atoms with Gasteiger partial charge in [-0.1, -0.05) is 12.1 Å². The van der Waals surface area contributed by atoms with E-state index in [9.17, 15) is 29.4 Å². The number of rotatable bonds is 13. The van der Waals surface area contributed by atoms with Gasteiger partial charge < -0.3 is 42.9 Å². The molecule has 1 aliphatic heterocycles. The summed E-state index contributed by atoms with van der Waals surface area (Å²) < 4.78 is 0. The normalized spacial score (nSPS) is 17.4. The third kappa shape index (κ3) is 9.13. The lowest BCUT2D eigenvalue weighted by Gasteiger charge is -2.28. The second-order valence-corrected chi connectivity index (χ2v) is 9.12. The molecular formula is C23H35N7O6S. The molecule has 3 amide bonds. The van der Waals surface area contributed by atoms with Crippen LogP contribution in [0.15, 0.2) is 29.3 Å². The minimum absolute atomic E-state index is 0.0670. The molecule has 1 heterocycles. The third-order valence-electron chi connectivity index (χ3n) is 5.93. The van der Waals surface area contributed by atoms with E-state index in [4.69, 9.17) is 17.2 Å². The van der Waals surface area contributed by atoms with Crippen LogP contribution >= 0.6 is 12.6 Å². The summed E-state index contributed by atoms with van der Waals surface area (Å²) in [4.78, 5) is 55.5. The van der Waals surface area contributed by atoms with E-state index < -0.39 is 47.9 Å². The second kappa shape index (κ2) is 14.3. The number of hydrogen-bond acceptors (Lipinski definition) is 8. The van der Waals surface area contributed by atoms with Gasteiger partial charge in [0.2, 0.25) is 17.7 Å². The zero-order chi connectivity index (χ0) is 27.5. The van der Waals surface area contributed by atoms with E-state index in [0.717, 1.165) is 0 Å². The first kappa shape index (κ1) is 29.7. The number of nitrogens with two attached hydrogens (primary N) is 3. The van der Waals surface area contributed by atoms with Crippen molar-refractivity contribution in [3.8, 4) is 5.75 Å². The molecule has 14 heteroatoms. The number of aliphatic imine (C=N–C) groups is 1. The molecule has 0 saturated carbocycles. The summed E-state index contributed by atoms with van der Waals surface area (Å²) in [5.74, 6) is -2.99. The summed E-state index contributed by atoms with van der Waals surface area (Å²) in [7, 11) is 0. The Bertz CT molecular complexity index is 986. The molecule has 1 aromatic rings. The Hall–Kier alpha value is -3.52. The van der Waals surface area contributed by atoms with Crippen LogP contribution in [0, 0.1) is 0 Å². The number of nitrogens with one attached hydrogen (secondary N) is 2. The number of nitrogens with zero attached hydrogens (tertiary/aromatic N) is 2. The number of thiol groups is 1. The summed E-state index contributed by atoms with van der Waals surface area (Å²) in [5, 5.41) is 24.0. The largest absolute Gasteiger partial charge is 0.508 e.